The van der Waals surface area contributed by atoms with Crippen LogP contribution >= 0.6 is 0 Å². The van der Waals surface area contributed by atoms with Crippen molar-refractivity contribution in [2.24, 2.45) is 5.92 Å². The molecule has 17 heavy (non-hydrogen) atoms. The zero-order chi connectivity index (χ0) is 11.5. The molecule has 3 heteroatoms. The van der Waals surface area contributed by atoms with Crippen molar-refractivity contribution in [3.8, 4) is 5.75 Å². The van der Waals surface area contributed by atoms with Gasteiger partial charge in [-0.2, -0.15) is 0 Å². The van der Waals surface area contributed by atoms with E-state index in [1.807, 2.05) is 0 Å². The smallest absolute Gasteiger partial charge is 0.142 e. The van der Waals surface area contributed by atoms with E-state index in [4.69, 9.17) is 9.47 Å². The molecule has 2 aliphatic rings. The van der Waals surface area contributed by atoms with Crippen LogP contribution in [0.25, 0.3) is 0 Å². The maximum atomic E-state index is 5.97. The number of ether oxygens (including phenoxy) is 2. The van der Waals surface area contributed by atoms with Crippen LogP contribution in [0.1, 0.15) is 18.4 Å². The van der Waals surface area contributed by atoms with Gasteiger partial charge >= 0.3 is 0 Å². The Morgan fingerprint density at radius 1 is 1.29 bits per heavy atom. The standard InChI is InChI=1S/C14H19NO2/c1-2-12-4-7-15-14(12)13(3-1)17-10-11-5-8-16-9-6-11/h1-3,11,15H,4-10H2. The Morgan fingerprint density at radius 3 is 3.06 bits per heavy atom. The Hall–Kier alpha value is -1.22. The molecule has 2 aliphatic heterocycles. The first kappa shape index (κ1) is 10.9. The second-order valence-corrected chi connectivity index (χ2v) is 4.83. The number of benzene rings is 1. The van der Waals surface area contributed by atoms with Gasteiger partial charge in [-0.05, 0) is 36.8 Å². The maximum absolute atomic E-state index is 5.97. The lowest BCUT2D eigenvalue weighted by molar-refractivity contribution is 0.0499. The van der Waals surface area contributed by atoms with Gasteiger partial charge in [0, 0.05) is 19.8 Å². The molecule has 92 valence electrons. The molecule has 0 spiro atoms. The largest absolute Gasteiger partial charge is 0.491 e. The minimum absolute atomic E-state index is 0.654. The Kier molecular flexibility index (Phi) is 3.18. The average molecular weight is 233 g/mol. The van der Waals surface area contributed by atoms with Gasteiger partial charge in [0.15, 0.2) is 0 Å². The molecule has 3 rings (SSSR count). The van der Waals surface area contributed by atoms with E-state index in [9.17, 15) is 0 Å². The van der Waals surface area contributed by atoms with Gasteiger partial charge in [-0.25, -0.2) is 0 Å². The summed E-state index contributed by atoms with van der Waals surface area (Å²) in [6, 6.07) is 6.33. The lowest BCUT2D eigenvalue weighted by Gasteiger charge is -2.22. The predicted octanol–water partition coefficient (Wildman–Crippen LogP) is 2.46. The van der Waals surface area contributed by atoms with Crippen LogP contribution in [-0.4, -0.2) is 26.4 Å². The van der Waals surface area contributed by atoms with Crippen molar-refractivity contribution in [1.82, 2.24) is 0 Å². The zero-order valence-electron chi connectivity index (χ0n) is 10.1. The van der Waals surface area contributed by atoms with Gasteiger partial charge in [-0.15, -0.1) is 0 Å². The Balaban J connectivity index is 1.63. The van der Waals surface area contributed by atoms with Gasteiger partial charge in [-0.3, -0.25) is 0 Å². The first-order valence-corrected chi connectivity index (χ1v) is 6.50. The van der Waals surface area contributed by atoms with Crippen molar-refractivity contribution >= 4 is 5.69 Å². The molecule has 1 aromatic rings. The van der Waals surface area contributed by atoms with E-state index in [1.165, 1.54) is 11.3 Å². The Morgan fingerprint density at radius 2 is 2.18 bits per heavy atom. The minimum Gasteiger partial charge on any atom is -0.491 e. The number of fused-ring (bicyclic) bond motifs is 1. The molecule has 0 aliphatic carbocycles. The van der Waals surface area contributed by atoms with Crippen LogP contribution in [0.15, 0.2) is 18.2 Å². The fraction of sp³-hybridized carbons (Fsp3) is 0.571. The highest BCUT2D eigenvalue weighted by Gasteiger charge is 2.18. The van der Waals surface area contributed by atoms with Crippen molar-refractivity contribution in [3.63, 3.8) is 0 Å². The monoisotopic (exact) mass is 233 g/mol. The molecule has 0 unspecified atom stereocenters. The SMILES string of the molecule is c1cc2c(c(OCC3CCOCC3)c1)NCC2. The summed E-state index contributed by atoms with van der Waals surface area (Å²) in [5, 5.41) is 3.41. The van der Waals surface area contributed by atoms with E-state index in [0.717, 1.165) is 51.4 Å². The van der Waals surface area contributed by atoms with Gasteiger partial charge < -0.3 is 14.8 Å². The van der Waals surface area contributed by atoms with Crippen LogP contribution < -0.4 is 10.1 Å². The highest BCUT2D eigenvalue weighted by molar-refractivity contribution is 5.65. The summed E-state index contributed by atoms with van der Waals surface area (Å²) in [4.78, 5) is 0. The summed E-state index contributed by atoms with van der Waals surface area (Å²) in [6.07, 6.45) is 3.37. The topological polar surface area (TPSA) is 30.5 Å². The number of hydrogen-bond donors (Lipinski definition) is 1. The highest BCUT2D eigenvalue weighted by atomic mass is 16.5. The van der Waals surface area contributed by atoms with E-state index in [1.54, 1.807) is 0 Å². The maximum Gasteiger partial charge on any atom is 0.142 e. The molecular formula is C14H19NO2. The second kappa shape index (κ2) is 4.96. The molecule has 0 radical (unpaired) electrons. The van der Waals surface area contributed by atoms with Crippen molar-refractivity contribution in [3.05, 3.63) is 23.8 Å². The number of rotatable bonds is 3. The van der Waals surface area contributed by atoms with Crippen LogP contribution in [0.3, 0.4) is 0 Å². The predicted molar refractivity (Wildman–Crippen MR) is 67.7 cm³/mol. The molecule has 1 fully saturated rings. The van der Waals surface area contributed by atoms with E-state index < -0.39 is 0 Å². The van der Waals surface area contributed by atoms with Crippen molar-refractivity contribution in [2.45, 2.75) is 19.3 Å². The second-order valence-electron chi connectivity index (χ2n) is 4.83. The van der Waals surface area contributed by atoms with E-state index in [2.05, 4.69) is 23.5 Å². The molecule has 2 heterocycles. The van der Waals surface area contributed by atoms with Gasteiger partial charge in [0.1, 0.15) is 5.75 Å². The van der Waals surface area contributed by atoms with Gasteiger partial charge in [0.05, 0.1) is 12.3 Å². The van der Waals surface area contributed by atoms with Crippen LogP contribution in [0, 0.1) is 5.92 Å². The lowest BCUT2D eigenvalue weighted by Crippen LogP contribution is -2.21. The minimum atomic E-state index is 0.654. The third-order valence-electron chi connectivity index (χ3n) is 3.62. The molecule has 0 saturated carbocycles. The third-order valence-corrected chi connectivity index (χ3v) is 3.62. The molecule has 0 bridgehead atoms. The normalized spacial score (nSPS) is 19.8. The third kappa shape index (κ3) is 2.39. The van der Waals surface area contributed by atoms with E-state index in [-0.39, 0.29) is 0 Å². The van der Waals surface area contributed by atoms with Gasteiger partial charge in [-0.1, -0.05) is 12.1 Å². The molecule has 3 nitrogen and oxygen atoms in total. The molecule has 0 aromatic heterocycles. The Labute approximate surface area is 102 Å². The first-order chi connectivity index (χ1) is 8.43. The highest BCUT2D eigenvalue weighted by Crippen LogP contribution is 2.33. The molecule has 1 aromatic carbocycles. The van der Waals surface area contributed by atoms with Crippen LogP contribution in [0.4, 0.5) is 5.69 Å². The first-order valence-electron chi connectivity index (χ1n) is 6.50. The van der Waals surface area contributed by atoms with Crippen molar-refractivity contribution in [1.29, 1.82) is 0 Å². The summed E-state index contributed by atoms with van der Waals surface area (Å²) in [6.45, 7) is 3.63. The lowest BCUT2D eigenvalue weighted by atomic mass is 10.0. The Bertz CT molecular complexity index is 386. The van der Waals surface area contributed by atoms with Crippen LogP contribution in [-0.2, 0) is 11.2 Å². The fourth-order valence-electron chi connectivity index (χ4n) is 2.55. The summed E-state index contributed by atoms with van der Waals surface area (Å²) < 4.78 is 11.3. The quantitative estimate of drug-likeness (QED) is 0.870. The number of anilines is 1. The molecule has 0 amide bonds. The summed E-state index contributed by atoms with van der Waals surface area (Å²) in [5.74, 6) is 1.67. The number of hydrogen-bond acceptors (Lipinski definition) is 3. The molecule has 1 saturated heterocycles. The fourth-order valence-corrected chi connectivity index (χ4v) is 2.55. The summed E-state index contributed by atoms with van der Waals surface area (Å²) in [7, 11) is 0. The summed E-state index contributed by atoms with van der Waals surface area (Å²) >= 11 is 0. The molecule has 0 atom stereocenters. The van der Waals surface area contributed by atoms with Crippen molar-refractivity contribution < 1.29 is 9.47 Å². The average Bonchev–Trinajstić information content (AvgIpc) is 2.86. The van der Waals surface area contributed by atoms with Gasteiger partial charge in [0.2, 0.25) is 0 Å². The zero-order valence-corrected chi connectivity index (χ0v) is 10.1. The van der Waals surface area contributed by atoms with Crippen LogP contribution in [0.2, 0.25) is 0 Å². The van der Waals surface area contributed by atoms with Gasteiger partial charge in [0.25, 0.3) is 0 Å². The molecular weight excluding hydrogens is 214 g/mol. The van der Waals surface area contributed by atoms with Crippen molar-refractivity contribution in [2.75, 3.05) is 31.7 Å². The summed E-state index contributed by atoms with van der Waals surface area (Å²) in [5.41, 5.74) is 2.59. The number of nitrogens with one attached hydrogen (secondary N) is 1. The van der Waals surface area contributed by atoms with E-state index in [0.29, 0.717) is 5.92 Å². The van der Waals surface area contributed by atoms with E-state index >= 15 is 0 Å². The molecule has 1 N–H and O–H groups in total. The number of para-hydroxylation sites is 1. The van der Waals surface area contributed by atoms with Crippen LogP contribution in [0.5, 0.6) is 5.75 Å².